The molecule has 0 saturated carbocycles. The van der Waals surface area contributed by atoms with Crippen molar-refractivity contribution < 1.29 is 71.3 Å². The lowest BCUT2D eigenvalue weighted by Gasteiger charge is -2.43. The largest absolute Gasteiger partial charge is 0.488 e. The number of fused-ring (bicyclic) bond motifs is 3. The van der Waals surface area contributed by atoms with Crippen LogP contribution in [-0.4, -0.2) is 153 Å². The summed E-state index contributed by atoms with van der Waals surface area (Å²) in [7, 11) is -1.65. The molecule has 0 aliphatic heterocycles. The van der Waals surface area contributed by atoms with Crippen LogP contribution in [0.3, 0.4) is 0 Å². The smallest absolute Gasteiger partial charge is 0.407 e. The predicted octanol–water partition coefficient (Wildman–Crippen LogP) is 15.3. The molecule has 1 aliphatic carbocycles. The third-order valence-corrected chi connectivity index (χ3v) is 29.9. The summed E-state index contributed by atoms with van der Waals surface area (Å²) in [6.45, 7) is 27.8. The van der Waals surface area contributed by atoms with Gasteiger partial charge in [-0.2, -0.15) is 0 Å². The van der Waals surface area contributed by atoms with Crippen LogP contribution in [-0.2, 0) is 80.2 Å². The maximum atomic E-state index is 16.0. The van der Waals surface area contributed by atoms with E-state index in [1.807, 2.05) is 224 Å². The molecular weight excluding hydrogens is 1680 g/mol. The molecule has 9 aromatic rings. The molecule has 10 atom stereocenters. The Morgan fingerprint density at radius 3 is 1.41 bits per heavy atom. The SMILES string of the molecule is CC[C@H](C)[C@H](NC(=O)[C@H](Cc1ccc(OC(C)(C)C)cc1)N(C)C(=O)[C@@H](NC(=O)[C@H](CCCO[Si](c1ccccc1)(c1ccccc1)C(C)(C)C)NC(=O)OCC1c2ccccc2-c2ccccc21)[C@@H](C)CC)C(=O)O[C@H](C)[C@H](NC(=O)[C@H](CCC(=O)NCC(c1ccccc1)(c1ccccc1)c1ccccc1)NC(=O)C(C)C)C(=O)N[C@@H](CC(C)C)C(=O)OCc1ccccc1. The van der Waals surface area contributed by atoms with Crippen molar-refractivity contribution in [2.45, 2.75) is 232 Å². The number of ether oxygens (including phenoxy) is 4. The molecule has 23 nitrogen and oxygen atoms in total. The number of likely N-dealkylation sites (N-methyl/N-ethyl adjacent to an activating group) is 1. The van der Waals surface area contributed by atoms with Crippen LogP contribution in [0.1, 0.15) is 194 Å². The van der Waals surface area contributed by atoms with E-state index in [-0.39, 0.29) is 88.2 Å². The van der Waals surface area contributed by atoms with Crippen molar-refractivity contribution in [3.63, 3.8) is 0 Å². The van der Waals surface area contributed by atoms with Crippen LogP contribution in [0, 0.1) is 23.7 Å². The van der Waals surface area contributed by atoms with Crippen LogP contribution >= 0.6 is 0 Å². The average Bonchev–Trinajstić information content (AvgIpc) is 1.08. The van der Waals surface area contributed by atoms with Gasteiger partial charge in [0.15, 0.2) is 0 Å². The molecule has 0 aromatic heterocycles. The molecule has 0 fully saturated rings. The van der Waals surface area contributed by atoms with Crippen molar-refractivity contribution >= 4 is 78.1 Å². The van der Waals surface area contributed by atoms with E-state index >= 15 is 28.8 Å². The van der Waals surface area contributed by atoms with E-state index in [0.29, 0.717) is 23.3 Å². The first kappa shape index (κ1) is 102. The van der Waals surface area contributed by atoms with Gasteiger partial charge in [0.2, 0.25) is 41.4 Å². The lowest BCUT2D eigenvalue weighted by atomic mass is 9.69. The molecule has 10 rings (SSSR count). The Morgan fingerprint density at radius 1 is 0.455 bits per heavy atom. The van der Waals surface area contributed by atoms with Crippen molar-refractivity contribution in [1.82, 2.24) is 42.1 Å². The van der Waals surface area contributed by atoms with Gasteiger partial charge in [-0.3, -0.25) is 33.6 Å². The second-order valence-corrected chi connectivity index (χ2v) is 41.7. The van der Waals surface area contributed by atoms with Gasteiger partial charge in [0.05, 0.1) is 5.41 Å². The number of hydrogen-bond donors (Lipinski definition) is 7. The number of benzene rings is 9. The first-order chi connectivity index (χ1) is 63.1. The van der Waals surface area contributed by atoms with E-state index in [1.165, 1.54) is 18.9 Å². The molecule has 0 spiro atoms. The van der Waals surface area contributed by atoms with Gasteiger partial charge in [-0.1, -0.05) is 332 Å². The zero-order valence-electron chi connectivity index (χ0n) is 79.3. The van der Waals surface area contributed by atoms with E-state index in [4.69, 9.17) is 23.4 Å². The van der Waals surface area contributed by atoms with E-state index in [1.54, 1.807) is 83.1 Å². The first-order valence-corrected chi connectivity index (χ1v) is 48.3. The normalized spacial score (nSPS) is 14.4. The highest BCUT2D eigenvalue weighted by molar-refractivity contribution is 6.99. The fourth-order valence-corrected chi connectivity index (χ4v) is 21.8. The van der Waals surface area contributed by atoms with Gasteiger partial charge < -0.3 is 65.5 Å². The van der Waals surface area contributed by atoms with Gasteiger partial charge in [0, 0.05) is 44.9 Å². The van der Waals surface area contributed by atoms with Crippen LogP contribution < -0.4 is 52.3 Å². The Kier molecular flexibility index (Phi) is 36.6. The third kappa shape index (κ3) is 26.7. The maximum absolute atomic E-state index is 16.0. The maximum Gasteiger partial charge on any atom is 0.407 e. The summed E-state index contributed by atoms with van der Waals surface area (Å²) in [4.78, 5) is 152. The number of amides is 8. The second-order valence-electron chi connectivity index (χ2n) is 37.4. The van der Waals surface area contributed by atoms with Crippen LogP contribution in [0.4, 0.5) is 4.79 Å². The van der Waals surface area contributed by atoms with Crippen LogP contribution in [0.25, 0.3) is 11.1 Å². The summed E-state index contributed by atoms with van der Waals surface area (Å²) in [6, 6.07) is 71.5. The fraction of sp³-hybridized carbons (Fsp3) is 0.407. The molecule has 9 aromatic carbocycles. The van der Waals surface area contributed by atoms with Crippen molar-refractivity contribution in [3.8, 4) is 16.9 Å². The summed E-state index contributed by atoms with van der Waals surface area (Å²) in [5.41, 5.74) is 6.55. The van der Waals surface area contributed by atoms with Crippen molar-refractivity contribution in [3.05, 3.63) is 294 Å². The molecular formula is C108H134N8O15Si. The van der Waals surface area contributed by atoms with Crippen LogP contribution in [0.2, 0.25) is 5.04 Å². The van der Waals surface area contributed by atoms with Gasteiger partial charge >= 0.3 is 18.0 Å². The van der Waals surface area contributed by atoms with E-state index in [0.717, 1.165) is 49.3 Å². The standard InChI is InChI=1S/C108H134N8O15Si/c1-17-73(7)94(113-98(119)89(112-105(126)128-69-88-86-56-39-37-54-84(86)85-55-38-40-57-87(85)88)58-41-65-129-132(107(13,14)15,82-50-33-23-34-51-82)83-52-35-24-36-53-83)102(123)116(16)92(67-76-59-61-81(62-60-76)131-106(10,11)12)100(121)114-95(74(8)18-2)104(125)130-75(9)96(101(122)111-91(66-71(3)4)103(124)127-68-77-42-25-19-26-43-77)115-99(120)90(110-97(118)72(5)6)63-64-93(117)109-70-108(78-44-27-20-28-45-78,79-46-29-21-30-47-79)80-48-31-22-32-49-80/h19-40,42-57,59-62,71-75,88-92,94-96H,17-18,41,58,63-70H2,1-16H3,(H,109,117)(H,110,118)(H,111,122)(H,112,126)(H,113,119)(H,114,121)(H,115,120)/t73-,74-,75+,89-,90-,91-,92-,94-,95-,96-/m0/s1. The minimum Gasteiger partial charge on any atom is -0.488 e. The number of carbonyl (C=O) groups excluding carboxylic acids is 10. The third-order valence-electron chi connectivity index (χ3n) is 24.8. The Bertz CT molecular complexity index is 5110. The highest BCUT2D eigenvalue weighted by Gasteiger charge is 2.51. The number of nitrogens with zero attached hydrogens (tertiary/aromatic N) is 1. The van der Waals surface area contributed by atoms with Crippen molar-refractivity contribution in [2.24, 2.45) is 23.7 Å². The molecule has 1 aliphatic rings. The number of rotatable bonds is 45. The average molecular weight is 1810 g/mol. The van der Waals surface area contributed by atoms with E-state index in [2.05, 4.69) is 82.3 Å². The van der Waals surface area contributed by atoms with Gasteiger partial charge in [-0.05, 0) is 149 Å². The van der Waals surface area contributed by atoms with Gasteiger partial charge in [0.1, 0.15) is 73.0 Å². The highest BCUT2D eigenvalue weighted by atomic mass is 28.4. The van der Waals surface area contributed by atoms with Crippen LogP contribution in [0.15, 0.2) is 255 Å². The molecule has 0 unspecified atom stereocenters. The van der Waals surface area contributed by atoms with E-state index in [9.17, 15) is 19.2 Å². The summed E-state index contributed by atoms with van der Waals surface area (Å²) in [5, 5.41) is 22.1. The summed E-state index contributed by atoms with van der Waals surface area (Å²) in [5.74, 6) is -8.92. The predicted molar refractivity (Wildman–Crippen MR) is 518 cm³/mol. The lowest BCUT2D eigenvalue weighted by molar-refractivity contribution is -0.158. The Balaban J connectivity index is 0.941. The summed E-state index contributed by atoms with van der Waals surface area (Å²) < 4.78 is 31.8. The molecule has 0 bridgehead atoms. The van der Waals surface area contributed by atoms with Crippen LogP contribution in [0.5, 0.6) is 5.75 Å². The molecule has 24 heteroatoms. The molecule has 132 heavy (non-hydrogen) atoms. The van der Waals surface area contributed by atoms with Gasteiger partial charge in [-0.15, -0.1) is 0 Å². The molecule has 0 heterocycles. The zero-order valence-corrected chi connectivity index (χ0v) is 80.3. The minimum absolute atomic E-state index is 0.0393. The fourth-order valence-electron chi connectivity index (χ4n) is 17.2. The quantitative estimate of drug-likeness (QED) is 0.00613. The molecule has 7 N–H and O–H groups in total. The molecule has 0 radical (unpaired) electrons. The van der Waals surface area contributed by atoms with Gasteiger partial charge in [0.25, 0.3) is 8.32 Å². The Morgan fingerprint density at radius 2 is 0.917 bits per heavy atom. The minimum atomic E-state index is -3.10. The van der Waals surface area contributed by atoms with E-state index < -0.39 is 145 Å². The number of hydrogen-bond acceptors (Lipinski definition) is 15. The number of carbonyl (C=O) groups is 10. The number of nitrogens with one attached hydrogen (secondary N) is 7. The first-order valence-electron chi connectivity index (χ1n) is 46.3. The summed E-state index contributed by atoms with van der Waals surface area (Å²) >= 11 is 0. The second kappa shape index (κ2) is 47.5. The molecule has 0 saturated heterocycles. The molecule has 8 amide bonds. The van der Waals surface area contributed by atoms with Crippen molar-refractivity contribution in [1.29, 1.82) is 0 Å². The topological polar surface area (TPSA) is 304 Å². The number of esters is 2. The zero-order chi connectivity index (χ0) is 95.5. The van der Waals surface area contributed by atoms with Gasteiger partial charge in [-0.25, -0.2) is 14.4 Å². The number of alkyl carbamates (subject to hydrolysis) is 1. The molecule has 700 valence electrons. The highest BCUT2D eigenvalue weighted by Crippen LogP contribution is 2.45. The monoisotopic (exact) mass is 1810 g/mol. The Labute approximate surface area is 780 Å². The summed E-state index contributed by atoms with van der Waals surface area (Å²) in [6.07, 6.45) is -2.21. The van der Waals surface area contributed by atoms with Crippen molar-refractivity contribution in [2.75, 3.05) is 26.8 Å². The lowest BCUT2D eigenvalue weighted by Crippen LogP contribution is -2.66. The Hall–Kier alpha value is -12.5.